The van der Waals surface area contributed by atoms with E-state index >= 15 is 0 Å². The van der Waals surface area contributed by atoms with Gasteiger partial charge in [-0.25, -0.2) is 4.79 Å². The first kappa shape index (κ1) is 23.0. The maximum absolute atomic E-state index is 13.1. The van der Waals surface area contributed by atoms with Crippen LogP contribution < -0.4 is 0 Å². The van der Waals surface area contributed by atoms with Gasteiger partial charge in [0.25, 0.3) is 0 Å². The second kappa shape index (κ2) is 11.1. The van der Waals surface area contributed by atoms with Gasteiger partial charge in [-0.3, -0.25) is 9.78 Å². The van der Waals surface area contributed by atoms with Crippen molar-refractivity contribution in [3.63, 3.8) is 0 Å². The predicted octanol–water partition coefficient (Wildman–Crippen LogP) is 4.55. The lowest BCUT2D eigenvalue weighted by Crippen LogP contribution is -2.43. The van der Waals surface area contributed by atoms with E-state index in [4.69, 9.17) is 4.74 Å². The van der Waals surface area contributed by atoms with E-state index < -0.39 is 6.04 Å². The quantitative estimate of drug-likeness (QED) is 0.439. The standard InChI is InChI=1S/C26H34N2O3/c1-19(2)17-21-10-12-23(13-11-21)20(3)25(29)28-15-5-9-24(28)26(30)31-16-6-8-22-7-4-14-27-18-22/h4,7,10-14,18-20,24H,5-6,8-9,15-17H2,1-3H3/t20-,24-/m0/s1. The summed E-state index contributed by atoms with van der Waals surface area (Å²) in [5, 5.41) is 0. The number of pyridine rings is 1. The maximum atomic E-state index is 13.1. The molecule has 0 N–H and O–H groups in total. The summed E-state index contributed by atoms with van der Waals surface area (Å²) in [7, 11) is 0. The zero-order chi connectivity index (χ0) is 22.2. The molecule has 0 saturated carbocycles. The van der Waals surface area contributed by atoms with E-state index in [1.807, 2.05) is 37.4 Å². The van der Waals surface area contributed by atoms with Gasteiger partial charge in [0.2, 0.25) is 5.91 Å². The van der Waals surface area contributed by atoms with Crippen LogP contribution in [0.3, 0.4) is 0 Å². The van der Waals surface area contributed by atoms with Gasteiger partial charge in [-0.2, -0.15) is 0 Å². The van der Waals surface area contributed by atoms with E-state index in [1.165, 1.54) is 5.56 Å². The number of carbonyl (C=O) groups is 2. The Labute approximate surface area is 185 Å². The van der Waals surface area contributed by atoms with Crippen LogP contribution in [0.1, 0.15) is 62.6 Å². The van der Waals surface area contributed by atoms with Crippen molar-refractivity contribution in [1.29, 1.82) is 0 Å². The van der Waals surface area contributed by atoms with Gasteiger partial charge in [0.05, 0.1) is 12.5 Å². The first-order valence-electron chi connectivity index (χ1n) is 11.4. The van der Waals surface area contributed by atoms with Gasteiger partial charge >= 0.3 is 5.97 Å². The van der Waals surface area contributed by atoms with Crippen molar-refractivity contribution < 1.29 is 14.3 Å². The number of aromatic nitrogens is 1. The first-order chi connectivity index (χ1) is 15.0. The van der Waals surface area contributed by atoms with Crippen LogP contribution in [-0.2, 0) is 27.2 Å². The highest BCUT2D eigenvalue weighted by molar-refractivity contribution is 5.89. The van der Waals surface area contributed by atoms with Crippen LogP contribution >= 0.6 is 0 Å². The van der Waals surface area contributed by atoms with Crippen molar-refractivity contribution in [2.24, 2.45) is 5.92 Å². The largest absolute Gasteiger partial charge is 0.464 e. The van der Waals surface area contributed by atoms with Gasteiger partial charge < -0.3 is 9.64 Å². The van der Waals surface area contributed by atoms with Gasteiger partial charge in [-0.05, 0) is 67.7 Å². The molecule has 5 nitrogen and oxygen atoms in total. The molecular formula is C26H34N2O3. The maximum Gasteiger partial charge on any atom is 0.328 e. The summed E-state index contributed by atoms with van der Waals surface area (Å²) in [6.07, 6.45) is 7.68. The third-order valence-electron chi connectivity index (χ3n) is 5.88. The SMILES string of the molecule is CC(C)Cc1ccc([C@H](C)C(=O)N2CCC[C@H]2C(=O)OCCCc2cccnc2)cc1. The molecule has 1 aromatic heterocycles. The third kappa shape index (κ3) is 6.39. The van der Waals surface area contributed by atoms with E-state index in [2.05, 4.69) is 31.0 Å². The number of likely N-dealkylation sites (tertiary alicyclic amines) is 1. The summed E-state index contributed by atoms with van der Waals surface area (Å²) < 4.78 is 5.51. The Kier molecular flexibility index (Phi) is 8.21. The number of amides is 1. The molecule has 1 aromatic carbocycles. The average molecular weight is 423 g/mol. The molecule has 1 fully saturated rings. The molecular weight excluding hydrogens is 388 g/mol. The van der Waals surface area contributed by atoms with Gasteiger partial charge in [0.1, 0.15) is 6.04 Å². The van der Waals surface area contributed by atoms with E-state index in [0.29, 0.717) is 25.5 Å². The normalized spacial score (nSPS) is 17.0. The molecule has 1 saturated heterocycles. The zero-order valence-corrected chi connectivity index (χ0v) is 18.9. The van der Waals surface area contributed by atoms with E-state index in [-0.39, 0.29) is 17.8 Å². The second-order valence-corrected chi connectivity index (χ2v) is 8.88. The summed E-state index contributed by atoms with van der Waals surface area (Å²) in [6, 6.07) is 11.8. The van der Waals surface area contributed by atoms with E-state index in [0.717, 1.165) is 36.8 Å². The highest BCUT2D eigenvalue weighted by atomic mass is 16.5. The summed E-state index contributed by atoms with van der Waals surface area (Å²) in [6.45, 7) is 7.30. The summed E-state index contributed by atoms with van der Waals surface area (Å²) >= 11 is 0. The smallest absolute Gasteiger partial charge is 0.328 e. The fourth-order valence-electron chi connectivity index (χ4n) is 4.17. The molecule has 0 unspecified atom stereocenters. The fraction of sp³-hybridized carbons (Fsp3) is 0.500. The highest BCUT2D eigenvalue weighted by Crippen LogP contribution is 2.26. The molecule has 1 aliphatic rings. The van der Waals surface area contributed by atoms with Crippen LogP contribution in [-0.4, -0.2) is 41.0 Å². The molecule has 1 aliphatic heterocycles. The summed E-state index contributed by atoms with van der Waals surface area (Å²) in [4.78, 5) is 31.6. The predicted molar refractivity (Wildman–Crippen MR) is 122 cm³/mol. The van der Waals surface area contributed by atoms with Crippen molar-refractivity contribution in [2.75, 3.05) is 13.2 Å². The molecule has 1 amide bonds. The van der Waals surface area contributed by atoms with Crippen LogP contribution in [0.15, 0.2) is 48.8 Å². The van der Waals surface area contributed by atoms with Gasteiger partial charge in [-0.1, -0.05) is 44.2 Å². The van der Waals surface area contributed by atoms with E-state index in [9.17, 15) is 9.59 Å². The van der Waals surface area contributed by atoms with Crippen LogP contribution in [0.2, 0.25) is 0 Å². The Balaban J connectivity index is 1.52. The lowest BCUT2D eigenvalue weighted by molar-refractivity contribution is -0.153. The summed E-state index contributed by atoms with van der Waals surface area (Å²) in [5.74, 6) is 0.0562. The molecule has 2 aromatic rings. The number of carbonyl (C=O) groups excluding carboxylic acids is 2. The number of ether oxygens (including phenoxy) is 1. The number of nitrogens with zero attached hydrogens (tertiary/aromatic N) is 2. The van der Waals surface area contributed by atoms with Crippen molar-refractivity contribution >= 4 is 11.9 Å². The van der Waals surface area contributed by atoms with Crippen LogP contribution in [0, 0.1) is 5.92 Å². The molecule has 3 rings (SSSR count). The molecule has 2 atom stereocenters. The molecule has 0 radical (unpaired) electrons. The van der Waals surface area contributed by atoms with E-state index in [1.54, 1.807) is 11.1 Å². The minimum absolute atomic E-state index is 0.00594. The summed E-state index contributed by atoms with van der Waals surface area (Å²) in [5.41, 5.74) is 3.41. The second-order valence-electron chi connectivity index (χ2n) is 8.88. The number of esters is 1. The Bertz CT molecular complexity index is 849. The van der Waals surface area contributed by atoms with Crippen LogP contribution in [0.5, 0.6) is 0 Å². The molecule has 2 heterocycles. The minimum Gasteiger partial charge on any atom is -0.464 e. The van der Waals surface area contributed by atoms with Gasteiger partial charge in [0.15, 0.2) is 0 Å². The van der Waals surface area contributed by atoms with Gasteiger partial charge in [0, 0.05) is 18.9 Å². The topological polar surface area (TPSA) is 59.5 Å². The molecule has 31 heavy (non-hydrogen) atoms. The van der Waals surface area contributed by atoms with Crippen LogP contribution in [0.25, 0.3) is 0 Å². The number of aryl methyl sites for hydroxylation is 1. The molecule has 166 valence electrons. The van der Waals surface area contributed by atoms with Crippen molar-refractivity contribution in [3.8, 4) is 0 Å². The van der Waals surface area contributed by atoms with Crippen molar-refractivity contribution in [2.45, 2.75) is 64.8 Å². The third-order valence-corrected chi connectivity index (χ3v) is 5.88. The van der Waals surface area contributed by atoms with Gasteiger partial charge in [-0.15, -0.1) is 0 Å². The first-order valence-corrected chi connectivity index (χ1v) is 11.4. The monoisotopic (exact) mass is 422 g/mol. The molecule has 5 heteroatoms. The fourth-order valence-corrected chi connectivity index (χ4v) is 4.17. The Morgan fingerprint density at radius 3 is 2.58 bits per heavy atom. The Morgan fingerprint density at radius 1 is 1.13 bits per heavy atom. The number of benzene rings is 1. The Hall–Kier alpha value is -2.69. The lowest BCUT2D eigenvalue weighted by atomic mass is 9.95. The molecule has 0 aliphatic carbocycles. The highest BCUT2D eigenvalue weighted by Gasteiger charge is 2.37. The molecule has 0 spiro atoms. The number of rotatable bonds is 9. The van der Waals surface area contributed by atoms with Crippen molar-refractivity contribution in [1.82, 2.24) is 9.88 Å². The molecule has 0 bridgehead atoms. The number of hydrogen-bond acceptors (Lipinski definition) is 4. The van der Waals surface area contributed by atoms with Crippen molar-refractivity contribution in [3.05, 3.63) is 65.5 Å². The number of hydrogen-bond donors (Lipinski definition) is 0. The zero-order valence-electron chi connectivity index (χ0n) is 18.9. The average Bonchev–Trinajstić information content (AvgIpc) is 3.26. The Morgan fingerprint density at radius 2 is 1.90 bits per heavy atom. The lowest BCUT2D eigenvalue weighted by Gasteiger charge is -2.26. The minimum atomic E-state index is -0.464. The van der Waals surface area contributed by atoms with Crippen LogP contribution in [0.4, 0.5) is 0 Å².